The molecule has 0 aliphatic rings. The Morgan fingerprint density at radius 1 is 1.44 bits per heavy atom. The van der Waals surface area contributed by atoms with Gasteiger partial charge in [-0.2, -0.15) is 8.42 Å². The van der Waals surface area contributed by atoms with Crippen LogP contribution in [0.15, 0.2) is 12.2 Å². The Labute approximate surface area is 109 Å². The summed E-state index contributed by atoms with van der Waals surface area (Å²) >= 11 is 0. The maximum Gasteiger partial charge on any atom is 0.265 e. The number of amides is 1. The fraction of sp³-hybridized carbons (Fsp3) is 0.750. The van der Waals surface area contributed by atoms with Gasteiger partial charge in [0, 0.05) is 12.1 Å². The van der Waals surface area contributed by atoms with E-state index in [1.807, 2.05) is 13.8 Å². The summed E-state index contributed by atoms with van der Waals surface area (Å²) in [5.74, 6) is -0.632. The monoisotopic (exact) mass is 277 g/mol. The Kier molecular flexibility index (Phi) is 6.02. The van der Waals surface area contributed by atoms with Crippen LogP contribution in [0.2, 0.25) is 0 Å². The maximum absolute atomic E-state index is 11.4. The van der Waals surface area contributed by atoms with Crippen molar-refractivity contribution in [1.29, 1.82) is 0 Å². The molecule has 0 saturated heterocycles. The van der Waals surface area contributed by atoms with E-state index in [4.69, 9.17) is 4.55 Å². The number of hydrogen-bond acceptors (Lipinski definition) is 3. The summed E-state index contributed by atoms with van der Waals surface area (Å²) < 4.78 is 30.3. The number of carbonyl (C=O) groups is 1. The zero-order chi connectivity index (χ0) is 14.6. The summed E-state index contributed by atoms with van der Waals surface area (Å²) in [7, 11) is -3.94. The quantitative estimate of drug-likeness (QED) is 0.547. The first-order valence-electron chi connectivity index (χ1n) is 5.82. The van der Waals surface area contributed by atoms with E-state index in [9.17, 15) is 13.2 Å². The van der Waals surface area contributed by atoms with E-state index in [1.165, 1.54) is 0 Å². The van der Waals surface area contributed by atoms with E-state index >= 15 is 0 Å². The molecule has 0 radical (unpaired) electrons. The van der Waals surface area contributed by atoms with Crippen LogP contribution in [0.25, 0.3) is 0 Å². The van der Waals surface area contributed by atoms with Crippen LogP contribution in [0.1, 0.15) is 34.1 Å². The molecule has 18 heavy (non-hydrogen) atoms. The zero-order valence-corrected chi connectivity index (χ0v) is 12.3. The molecule has 0 heterocycles. The topological polar surface area (TPSA) is 83.5 Å². The zero-order valence-electron chi connectivity index (χ0n) is 11.5. The van der Waals surface area contributed by atoms with E-state index in [0.29, 0.717) is 18.5 Å². The second-order valence-electron chi connectivity index (χ2n) is 5.69. The lowest BCUT2D eigenvalue weighted by atomic mass is 9.84. The average Bonchev–Trinajstić information content (AvgIpc) is 2.09. The summed E-state index contributed by atoms with van der Waals surface area (Å²) in [6.45, 7) is 11.2. The van der Waals surface area contributed by atoms with Crippen molar-refractivity contribution in [2.75, 3.05) is 12.3 Å². The van der Waals surface area contributed by atoms with Crippen LogP contribution in [0.3, 0.4) is 0 Å². The molecule has 1 atom stereocenters. The van der Waals surface area contributed by atoms with Gasteiger partial charge in [-0.25, -0.2) is 0 Å². The summed E-state index contributed by atoms with van der Waals surface area (Å²) in [5.41, 5.74) is 0.201. The molecule has 0 aromatic heterocycles. The Balaban J connectivity index is 4.30. The number of hydrogen-bond donors (Lipinski definition) is 2. The molecule has 0 saturated carbocycles. The molecular formula is C12H23NO4S. The van der Waals surface area contributed by atoms with Crippen LogP contribution in [0.4, 0.5) is 0 Å². The van der Waals surface area contributed by atoms with Crippen LogP contribution in [-0.2, 0) is 14.9 Å². The molecular weight excluding hydrogens is 254 g/mol. The van der Waals surface area contributed by atoms with Gasteiger partial charge < -0.3 is 5.32 Å². The van der Waals surface area contributed by atoms with E-state index in [-0.39, 0.29) is 23.0 Å². The van der Waals surface area contributed by atoms with E-state index in [1.54, 1.807) is 13.8 Å². The summed E-state index contributed by atoms with van der Waals surface area (Å²) in [5, 5.41) is 2.74. The lowest BCUT2D eigenvalue weighted by molar-refractivity contribution is -0.117. The third-order valence-corrected chi connectivity index (χ3v) is 3.50. The van der Waals surface area contributed by atoms with Crippen LogP contribution in [0, 0.1) is 11.3 Å². The Bertz CT molecular complexity index is 412. The van der Waals surface area contributed by atoms with Crippen molar-refractivity contribution in [2.24, 2.45) is 11.3 Å². The van der Waals surface area contributed by atoms with Gasteiger partial charge in [0.2, 0.25) is 5.91 Å². The highest BCUT2D eigenvalue weighted by atomic mass is 32.2. The minimum atomic E-state index is -3.94. The maximum atomic E-state index is 11.4. The molecule has 0 aliphatic heterocycles. The fourth-order valence-corrected chi connectivity index (χ4v) is 2.74. The van der Waals surface area contributed by atoms with Gasteiger partial charge >= 0.3 is 0 Å². The van der Waals surface area contributed by atoms with Crippen molar-refractivity contribution in [3.63, 3.8) is 0 Å². The van der Waals surface area contributed by atoms with Crippen LogP contribution < -0.4 is 5.32 Å². The van der Waals surface area contributed by atoms with E-state index < -0.39 is 10.1 Å². The van der Waals surface area contributed by atoms with E-state index in [0.717, 1.165) is 0 Å². The molecule has 6 heteroatoms. The standard InChI is InChI=1S/C12H23NO4S/c1-9(2)11(14)13-8-12(4,5)6-10(3)7-18(15,16)17/h10H,1,6-8H2,2-5H3,(H,13,14)(H,15,16,17). The number of nitrogens with one attached hydrogen (secondary N) is 1. The average molecular weight is 277 g/mol. The van der Waals surface area contributed by atoms with Gasteiger partial charge in [-0.15, -0.1) is 0 Å². The third-order valence-electron chi connectivity index (χ3n) is 2.51. The molecule has 0 bridgehead atoms. The first kappa shape index (κ1) is 17.1. The molecule has 1 unspecified atom stereocenters. The van der Waals surface area contributed by atoms with Gasteiger partial charge in [0.05, 0.1) is 5.75 Å². The Hall–Kier alpha value is -0.880. The lowest BCUT2D eigenvalue weighted by Crippen LogP contribution is -2.35. The third kappa shape index (κ3) is 8.25. The van der Waals surface area contributed by atoms with Gasteiger partial charge in [0.1, 0.15) is 0 Å². The normalized spacial score (nSPS) is 14.1. The second-order valence-corrected chi connectivity index (χ2v) is 7.18. The minimum absolute atomic E-state index is 0.170. The highest BCUT2D eigenvalue weighted by Gasteiger charge is 2.24. The van der Waals surface area contributed by atoms with Crippen molar-refractivity contribution in [2.45, 2.75) is 34.1 Å². The number of rotatable bonds is 7. The van der Waals surface area contributed by atoms with Crippen LogP contribution in [-0.4, -0.2) is 31.2 Å². The molecule has 0 fully saturated rings. The van der Waals surface area contributed by atoms with Crippen molar-refractivity contribution < 1.29 is 17.8 Å². The molecule has 0 spiro atoms. The molecule has 1 amide bonds. The predicted molar refractivity (Wildman–Crippen MR) is 71.8 cm³/mol. The Morgan fingerprint density at radius 3 is 2.33 bits per heavy atom. The molecule has 0 aromatic carbocycles. The van der Waals surface area contributed by atoms with Crippen molar-refractivity contribution in [1.82, 2.24) is 5.32 Å². The van der Waals surface area contributed by atoms with Gasteiger partial charge in [0.15, 0.2) is 0 Å². The first-order valence-corrected chi connectivity index (χ1v) is 7.43. The van der Waals surface area contributed by atoms with Crippen LogP contribution in [0.5, 0.6) is 0 Å². The minimum Gasteiger partial charge on any atom is -0.352 e. The Morgan fingerprint density at radius 2 is 1.94 bits per heavy atom. The van der Waals surface area contributed by atoms with Crippen molar-refractivity contribution in [3.05, 3.63) is 12.2 Å². The van der Waals surface area contributed by atoms with Gasteiger partial charge in [-0.3, -0.25) is 9.35 Å². The summed E-state index contributed by atoms with van der Waals surface area (Å²) in [6, 6.07) is 0. The molecule has 106 valence electrons. The molecule has 0 aromatic rings. The van der Waals surface area contributed by atoms with Crippen LogP contribution >= 0.6 is 0 Å². The fourth-order valence-electron chi connectivity index (χ4n) is 1.90. The van der Waals surface area contributed by atoms with Crippen molar-refractivity contribution in [3.8, 4) is 0 Å². The highest BCUT2D eigenvalue weighted by Crippen LogP contribution is 2.25. The summed E-state index contributed by atoms with van der Waals surface area (Å²) in [4.78, 5) is 11.4. The smallest absolute Gasteiger partial charge is 0.265 e. The van der Waals surface area contributed by atoms with E-state index in [2.05, 4.69) is 11.9 Å². The first-order chi connectivity index (χ1) is 7.93. The van der Waals surface area contributed by atoms with Gasteiger partial charge in [-0.05, 0) is 24.7 Å². The number of carbonyl (C=O) groups excluding carboxylic acids is 1. The molecule has 0 rings (SSSR count). The lowest BCUT2D eigenvalue weighted by Gasteiger charge is -2.28. The SMILES string of the molecule is C=C(C)C(=O)NCC(C)(C)CC(C)CS(=O)(=O)O. The van der Waals surface area contributed by atoms with Gasteiger partial charge in [-0.1, -0.05) is 27.4 Å². The van der Waals surface area contributed by atoms with Gasteiger partial charge in [0.25, 0.3) is 10.1 Å². The molecule has 5 nitrogen and oxygen atoms in total. The summed E-state index contributed by atoms with van der Waals surface area (Å²) in [6.07, 6.45) is 0.587. The molecule has 0 aliphatic carbocycles. The van der Waals surface area contributed by atoms with Crippen molar-refractivity contribution >= 4 is 16.0 Å². The second kappa shape index (κ2) is 6.33. The predicted octanol–water partition coefficient (Wildman–Crippen LogP) is 1.62. The molecule has 2 N–H and O–H groups in total. The highest BCUT2D eigenvalue weighted by molar-refractivity contribution is 7.85. The largest absolute Gasteiger partial charge is 0.352 e.